The van der Waals surface area contributed by atoms with Gasteiger partial charge in [0.05, 0.1) is 0 Å². The average Bonchev–Trinajstić information content (AvgIpc) is 2.66. The van der Waals surface area contributed by atoms with Gasteiger partial charge in [-0.15, -0.1) is 0 Å². The van der Waals surface area contributed by atoms with Gasteiger partial charge in [-0.05, 0) is 58.4 Å². The summed E-state index contributed by atoms with van der Waals surface area (Å²) in [7, 11) is 0. The SMILES string of the molecule is CC/C=C\CNC/C=C\CNCCCCNCC.CCCCCNCC. The molecule has 26 heavy (non-hydrogen) atoms. The Morgan fingerprint density at radius 1 is 0.500 bits per heavy atom. The van der Waals surface area contributed by atoms with Crippen molar-refractivity contribution in [2.24, 2.45) is 0 Å². The molecule has 4 nitrogen and oxygen atoms in total. The van der Waals surface area contributed by atoms with Crippen molar-refractivity contribution >= 4 is 0 Å². The van der Waals surface area contributed by atoms with Crippen molar-refractivity contribution in [3.05, 3.63) is 24.3 Å². The first-order valence-corrected chi connectivity index (χ1v) is 11.0. The highest BCUT2D eigenvalue weighted by molar-refractivity contribution is 4.88. The molecule has 0 saturated heterocycles. The highest BCUT2D eigenvalue weighted by Crippen LogP contribution is 1.90. The molecule has 0 aliphatic rings. The maximum atomic E-state index is 3.42. The second kappa shape index (κ2) is 29.1. The number of hydrogen-bond donors (Lipinski definition) is 4. The van der Waals surface area contributed by atoms with Gasteiger partial charge in [0, 0.05) is 19.6 Å². The molecule has 0 aromatic rings. The Balaban J connectivity index is 0. The van der Waals surface area contributed by atoms with Crippen LogP contribution in [-0.4, -0.2) is 52.4 Å². The van der Waals surface area contributed by atoms with Gasteiger partial charge in [0.2, 0.25) is 0 Å². The topological polar surface area (TPSA) is 48.1 Å². The second-order valence-electron chi connectivity index (χ2n) is 6.33. The summed E-state index contributed by atoms with van der Waals surface area (Å²) in [6.07, 6.45) is 16.4. The molecule has 4 N–H and O–H groups in total. The van der Waals surface area contributed by atoms with Crippen molar-refractivity contribution < 1.29 is 0 Å². The predicted octanol–water partition coefficient (Wildman–Crippen LogP) is 3.86. The molecule has 0 saturated carbocycles. The van der Waals surface area contributed by atoms with E-state index in [1.165, 1.54) is 38.6 Å². The first kappa shape index (κ1) is 27.5. The zero-order chi connectivity index (χ0) is 19.6. The summed E-state index contributed by atoms with van der Waals surface area (Å²) in [4.78, 5) is 0. The van der Waals surface area contributed by atoms with Gasteiger partial charge in [-0.25, -0.2) is 0 Å². The Morgan fingerprint density at radius 2 is 0.962 bits per heavy atom. The number of nitrogens with one attached hydrogen (secondary N) is 4. The summed E-state index contributed by atoms with van der Waals surface area (Å²) in [6, 6.07) is 0. The molecule has 4 heteroatoms. The van der Waals surface area contributed by atoms with Crippen LogP contribution in [0.2, 0.25) is 0 Å². The van der Waals surface area contributed by atoms with Crippen LogP contribution in [0.4, 0.5) is 0 Å². The van der Waals surface area contributed by atoms with Crippen molar-refractivity contribution in [2.75, 3.05) is 52.4 Å². The third kappa shape index (κ3) is 31.1. The third-order valence-corrected chi connectivity index (χ3v) is 3.77. The summed E-state index contributed by atoms with van der Waals surface area (Å²) in [5, 5.41) is 13.4. The molecule has 0 amide bonds. The number of hydrogen-bond acceptors (Lipinski definition) is 4. The molecule has 0 spiro atoms. The molecule has 0 aliphatic heterocycles. The normalized spacial score (nSPS) is 11.2. The summed E-state index contributed by atoms with van der Waals surface area (Å²) < 4.78 is 0. The molecule has 0 aromatic carbocycles. The van der Waals surface area contributed by atoms with Gasteiger partial charge in [0.1, 0.15) is 0 Å². The smallest absolute Gasteiger partial charge is 0.0138 e. The zero-order valence-corrected chi connectivity index (χ0v) is 18.2. The van der Waals surface area contributed by atoms with E-state index in [0.717, 1.165) is 52.2 Å². The van der Waals surface area contributed by atoms with Crippen LogP contribution in [0, 0.1) is 0 Å². The van der Waals surface area contributed by atoms with Crippen LogP contribution in [0.3, 0.4) is 0 Å². The minimum atomic E-state index is 0.955. The lowest BCUT2D eigenvalue weighted by atomic mass is 10.2. The fourth-order valence-corrected chi connectivity index (χ4v) is 2.21. The quantitative estimate of drug-likeness (QED) is 0.219. The van der Waals surface area contributed by atoms with Gasteiger partial charge in [-0.3, -0.25) is 0 Å². The Morgan fingerprint density at radius 3 is 1.46 bits per heavy atom. The molecule has 0 aliphatic carbocycles. The van der Waals surface area contributed by atoms with Crippen LogP contribution in [0.25, 0.3) is 0 Å². The molecular formula is C22H48N4. The molecule has 0 fully saturated rings. The van der Waals surface area contributed by atoms with Crippen molar-refractivity contribution in [1.29, 1.82) is 0 Å². The fourth-order valence-electron chi connectivity index (χ4n) is 2.21. The molecule has 0 atom stereocenters. The van der Waals surface area contributed by atoms with E-state index in [-0.39, 0.29) is 0 Å². The van der Waals surface area contributed by atoms with E-state index < -0.39 is 0 Å². The van der Waals surface area contributed by atoms with E-state index >= 15 is 0 Å². The zero-order valence-electron chi connectivity index (χ0n) is 18.2. The Labute approximate surface area is 164 Å². The van der Waals surface area contributed by atoms with Crippen molar-refractivity contribution in [3.63, 3.8) is 0 Å². The van der Waals surface area contributed by atoms with Crippen LogP contribution in [-0.2, 0) is 0 Å². The lowest BCUT2D eigenvalue weighted by Crippen LogP contribution is -2.19. The van der Waals surface area contributed by atoms with Gasteiger partial charge in [0.25, 0.3) is 0 Å². The Kier molecular flexibility index (Phi) is 30.8. The monoisotopic (exact) mass is 368 g/mol. The van der Waals surface area contributed by atoms with Crippen molar-refractivity contribution in [1.82, 2.24) is 21.3 Å². The fraction of sp³-hybridized carbons (Fsp3) is 0.818. The van der Waals surface area contributed by atoms with Gasteiger partial charge < -0.3 is 21.3 Å². The molecule has 156 valence electrons. The summed E-state index contributed by atoms with van der Waals surface area (Å²) in [6.45, 7) is 17.2. The number of rotatable bonds is 18. The van der Waals surface area contributed by atoms with Crippen LogP contribution < -0.4 is 21.3 Å². The summed E-state index contributed by atoms with van der Waals surface area (Å²) >= 11 is 0. The first-order chi connectivity index (χ1) is 12.8. The molecular weight excluding hydrogens is 320 g/mol. The van der Waals surface area contributed by atoms with E-state index in [4.69, 9.17) is 0 Å². The van der Waals surface area contributed by atoms with Crippen LogP contribution in [0.5, 0.6) is 0 Å². The van der Waals surface area contributed by atoms with Gasteiger partial charge in [-0.1, -0.05) is 64.8 Å². The standard InChI is InChI=1S/C15H31N3.C7H17N/c1-3-5-6-12-17-14-9-10-15-18-13-8-7-11-16-4-2;1-3-5-6-7-8-4-2/h5-6,9-10,16-18H,3-4,7-8,11-15H2,1-2H3;8H,3-7H2,1-2H3/b6-5-,10-9-;. The molecule has 0 radical (unpaired) electrons. The predicted molar refractivity (Wildman–Crippen MR) is 120 cm³/mol. The third-order valence-electron chi connectivity index (χ3n) is 3.77. The molecule has 0 bridgehead atoms. The Hall–Kier alpha value is -0.680. The summed E-state index contributed by atoms with van der Waals surface area (Å²) in [5.74, 6) is 0. The summed E-state index contributed by atoms with van der Waals surface area (Å²) in [5.41, 5.74) is 0. The average molecular weight is 369 g/mol. The van der Waals surface area contributed by atoms with E-state index in [0.29, 0.717) is 0 Å². The van der Waals surface area contributed by atoms with Crippen LogP contribution >= 0.6 is 0 Å². The maximum absolute atomic E-state index is 3.42. The number of unbranched alkanes of at least 4 members (excludes halogenated alkanes) is 3. The van der Waals surface area contributed by atoms with Gasteiger partial charge in [0.15, 0.2) is 0 Å². The van der Waals surface area contributed by atoms with E-state index in [1.807, 2.05) is 0 Å². The van der Waals surface area contributed by atoms with Crippen LogP contribution in [0.1, 0.15) is 66.2 Å². The van der Waals surface area contributed by atoms with Gasteiger partial charge >= 0.3 is 0 Å². The lowest BCUT2D eigenvalue weighted by molar-refractivity contribution is 0.608. The second-order valence-corrected chi connectivity index (χ2v) is 6.33. The molecule has 0 heterocycles. The highest BCUT2D eigenvalue weighted by Gasteiger charge is 1.87. The highest BCUT2D eigenvalue weighted by atomic mass is 14.9. The number of allylic oxidation sites excluding steroid dienone is 1. The Bertz CT molecular complexity index is 271. The van der Waals surface area contributed by atoms with E-state index in [9.17, 15) is 0 Å². The van der Waals surface area contributed by atoms with E-state index in [1.54, 1.807) is 0 Å². The van der Waals surface area contributed by atoms with E-state index in [2.05, 4.69) is 73.3 Å². The molecule has 0 aromatic heterocycles. The largest absolute Gasteiger partial charge is 0.317 e. The minimum Gasteiger partial charge on any atom is -0.317 e. The van der Waals surface area contributed by atoms with Crippen molar-refractivity contribution in [2.45, 2.75) is 66.2 Å². The minimum absolute atomic E-state index is 0.955. The van der Waals surface area contributed by atoms with Gasteiger partial charge in [-0.2, -0.15) is 0 Å². The molecule has 0 rings (SSSR count). The first-order valence-electron chi connectivity index (χ1n) is 11.0. The maximum Gasteiger partial charge on any atom is 0.0138 e. The van der Waals surface area contributed by atoms with Crippen LogP contribution in [0.15, 0.2) is 24.3 Å². The van der Waals surface area contributed by atoms with Crippen molar-refractivity contribution in [3.8, 4) is 0 Å². The lowest BCUT2D eigenvalue weighted by Gasteiger charge is -2.02. The molecule has 0 unspecified atom stereocenters.